The SMILES string of the molecule is CO[C@H]1C2=CCCCC=C2CC[C@@H]1C. The van der Waals surface area contributed by atoms with E-state index in [1.807, 2.05) is 7.11 Å². The Kier molecular flexibility index (Phi) is 3.07. The second kappa shape index (κ2) is 4.31. The fourth-order valence-electron chi connectivity index (χ4n) is 2.65. The van der Waals surface area contributed by atoms with Crippen LogP contribution < -0.4 is 0 Å². The van der Waals surface area contributed by atoms with E-state index in [-0.39, 0.29) is 0 Å². The van der Waals surface area contributed by atoms with Crippen LogP contribution in [-0.2, 0) is 4.74 Å². The van der Waals surface area contributed by atoms with Gasteiger partial charge in [0.05, 0.1) is 6.10 Å². The van der Waals surface area contributed by atoms with Gasteiger partial charge in [0, 0.05) is 7.11 Å². The number of methoxy groups -OCH3 is 1. The fraction of sp³-hybridized carbons (Fsp3) is 0.692. The second-order valence-electron chi connectivity index (χ2n) is 4.49. The van der Waals surface area contributed by atoms with Crippen molar-refractivity contribution in [2.75, 3.05) is 7.11 Å². The first kappa shape index (κ1) is 9.97. The molecule has 1 nitrogen and oxygen atoms in total. The molecule has 1 saturated carbocycles. The zero-order chi connectivity index (χ0) is 9.97. The molecule has 0 bridgehead atoms. The molecule has 0 amide bonds. The molecule has 1 heteroatoms. The molecule has 2 aliphatic rings. The van der Waals surface area contributed by atoms with E-state index >= 15 is 0 Å². The van der Waals surface area contributed by atoms with E-state index in [0.717, 1.165) is 0 Å². The summed E-state index contributed by atoms with van der Waals surface area (Å²) in [5.41, 5.74) is 3.05. The molecule has 0 aromatic heterocycles. The first-order valence-electron chi connectivity index (χ1n) is 5.75. The second-order valence-corrected chi connectivity index (χ2v) is 4.49. The highest BCUT2D eigenvalue weighted by Crippen LogP contribution is 2.36. The van der Waals surface area contributed by atoms with Crippen LogP contribution in [0.1, 0.15) is 39.0 Å². The van der Waals surface area contributed by atoms with Gasteiger partial charge in [0.2, 0.25) is 0 Å². The predicted molar refractivity (Wildman–Crippen MR) is 59.2 cm³/mol. The Morgan fingerprint density at radius 1 is 1.29 bits per heavy atom. The van der Waals surface area contributed by atoms with Crippen LogP contribution in [0.5, 0.6) is 0 Å². The molecular formula is C13H20O. The Bertz CT molecular complexity index is 262. The molecule has 2 aliphatic carbocycles. The average Bonchev–Trinajstić information content (AvgIpc) is 2.42. The van der Waals surface area contributed by atoms with Gasteiger partial charge in [-0.25, -0.2) is 0 Å². The van der Waals surface area contributed by atoms with Gasteiger partial charge in [-0.05, 0) is 49.2 Å². The van der Waals surface area contributed by atoms with Crippen molar-refractivity contribution in [1.82, 2.24) is 0 Å². The van der Waals surface area contributed by atoms with Crippen LogP contribution in [0, 0.1) is 5.92 Å². The molecule has 0 saturated heterocycles. The quantitative estimate of drug-likeness (QED) is 0.618. The summed E-state index contributed by atoms with van der Waals surface area (Å²) in [5.74, 6) is 0.682. The molecular weight excluding hydrogens is 172 g/mol. The highest BCUT2D eigenvalue weighted by atomic mass is 16.5. The van der Waals surface area contributed by atoms with Crippen molar-refractivity contribution in [2.45, 2.75) is 45.1 Å². The van der Waals surface area contributed by atoms with Gasteiger partial charge in [-0.15, -0.1) is 0 Å². The standard InChI is InChI=1S/C13H20O/c1-10-8-9-11-6-4-3-5-7-12(11)13(10)14-2/h6-7,10,13H,3-5,8-9H2,1-2H3/t10-,13+/m0/s1. The molecule has 0 heterocycles. The third kappa shape index (κ3) is 1.78. The number of hydrogen-bond donors (Lipinski definition) is 0. The maximum atomic E-state index is 5.62. The summed E-state index contributed by atoms with van der Waals surface area (Å²) >= 11 is 0. The summed E-state index contributed by atoms with van der Waals surface area (Å²) in [7, 11) is 1.84. The molecule has 0 radical (unpaired) electrons. The highest BCUT2D eigenvalue weighted by molar-refractivity contribution is 5.38. The Morgan fingerprint density at radius 2 is 2.07 bits per heavy atom. The fourth-order valence-corrected chi connectivity index (χ4v) is 2.65. The van der Waals surface area contributed by atoms with Gasteiger partial charge in [-0.3, -0.25) is 0 Å². The summed E-state index contributed by atoms with van der Waals surface area (Å²) < 4.78 is 5.62. The molecule has 14 heavy (non-hydrogen) atoms. The minimum Gasteiger partial charge on any atom is -0.376 e. The van der Waals surface area contributed by atoms with Gasteiger partial charge in [0.1, 0.15) is 0 Å². The summed E-state index contributed by atoms with van der Waals surface area (Å²) in [5, 5.41) is 0. The van der Waals surface area contributed by atoms with Gasteiger partial charge in [0.25, 0.3) is 0 Å². The Morgan fingerprint density at radius 3 is 2.86 bits per heavy atom. The molecule has 2 atom stereocenters. The number of fused-ring (bicyclic) bond motifs is 1. The van der Waals surface area contributed by atoms with Crippen LogP contribution in [0.15, 0.2) is 23.3 Å². The third-order valence-electron chi connectivity index (χ3n) is 3.48. The molecule has 0 spiro atoms. The number of allylic oxidation sites excluding steroid dienone is 2. The van der Waals surface area contributed by atoms with E-state index in [4.69, 9.17) is 4.74 Å². The maximum Gasteiger partial charge on any atom is 0.0846 e. The van der Waals surface area contributed by atoms with Crippen molar-refractivity contribution in [1.29, 1.82) is 0 Å². The minimum atomic E-state index is 0.355. The van der Waals surface area contributed by atoms with Gasteiger partial charge in [0.15, 0.2) is 0 Å². The molecule has 0 aromatic rings. The summed E-state index contributed by atoms with van der Waals surface area (Å²) in [6.07, 6.45) is 11.5. The lowest BCUT2D eigenvalue weighted by Crippen LogP contribution is -2.28. The van der Waals surface area contributed by atoms with Crippen molar-refractivity contribution in [2.24, 2.45) is 5.92 Å². The molecule has 78 valence electrons. The molecule has 0 aromatic carbocycles. The number of ether oxygens (including phenoxy) is 1. The Balaban J connectivity index is 2.26. The van der Waals surface area contributed by atoms with Crippen LogP contribution in [0.2, 0.25) is 0 Å². The number of rotatable bonds is 1. The lowest BCUT2D eigenvalue weighted by Gasteiger charge is -2.32. The van der Waals surface area contributed by atoms with E-state index in [9.17, 15) is 0 Å². The van der Waals surface area contributed by atoms with Crippen LogP contribution in [0.4, 0.5) is 0 Å². The molecule has 0 aliphatic heterocycles. The molecule has 2 rings (SSSR count). The first-order chi connectivity index (χ1) is 6.83. The first-order valence-corrected chi connectivity index (χ1v) is 5.75. The van der Waals surface area contributed by atoms with Gasteiger partial charge >= 0.3 is 0 Å². The topological polar surface area (TPSA) is 9.23 Å². The summed E-state index contributed by atoms with van der Waals surface area (Å²) in [4.78, 5) is 0. The predicted octanol–water partition coefficient (Wildman–Crippen LogP) is 3.47. The number of hydrogen-bond acceptors (Lipinski definition) is 1. The third-order valence-corrected chi connectivity index (χ3v) is 3.48. The van der Waals surface area contributed by atoms with E-state index in [1.165, 1.54) is 37.7 Å². The maximum absolute atomic E-state index is 5.62. The smallest absolute Gasteiger partial charge is 0.0846 e. The highest BCUT2D eigenvalue weighted by Gasteiger charge is 2.28. The van der Waals surface area contributed by atoms with Crippen LogP contribution in [0.3, 0.4) is 0 Å². The van der Waals surface area contributed by atoms with E-state index < -0.39 is 0 Å². The van der Waals surface area contributed by atoms with E-state index in [1.54, 1.807) is 5.57 Å². The normalized spacial score (nSPS) is 32.7. The summed E-state index contributed by atoms with van der Waals surface area (Å²) in [6, 6.07) is 0. The van der Waals surface area contributed by atoms with E-state index in [2.05, 4.69) is 19.1 Å². The largest absolute Gasteiger partial charge is 0.376 e. The monoisotopic (exact) mass is 192 g/mol. The molecule has 1 fully saturated rings. The van der Waals surface area contributed by atoms with Crippen molar-refractivity contribution in [3.8, 4) is 0 Å². The van der Waals surface area contributed by atoms with Crippen LogP contribution in [-0.4, -0.2) is 13.2 Å². The van der Waals surface area contributed by atoms with Crippen molar-refractivity contribution < 1.29 is 4.74 Å². The van der Waals surface area contributed by atoms with Gasteiger partial charge in [-0.2, -0.15) is 0 Å². The minimum absolute atomic E-state index is 0.355. The van der Waals surface area contributed by atoms with Crippen LogP contribution >= 0.6 is 0 Å². The van der Waals surface area contributed by atoms with Gasteiger partial charge < -0.3 is 4.74 Å². The average molecular weight is 192 g/mol. The van der Waals surface area contributed by atoms with E-state index in [0.29, 0.717) is 12.0 Å². The van der Waals surface area contributed by atoms with Crippen molar-refractivity contribution in [3.63, 3.8) is 0 Å². The molecule has 0 unspecified atom stereocenters. The van der Waals surface area contributed by atoms with Crippen LogP contribution in [0.25, 0.3) is 0 Å². The van der Waals surface area contributed by atoms with Crippen molar-refractivity contribution >= 4 is 0 Å². The van der Waals surface area contributed by atoms with Gasteiger partial charge in [-0.1, -0.05) is 19.1 Å². The lowest BCUT2D eigenvalue weighted by molar-refractivity contribution is 0.0775. The Hall–Kier alpha value is -0.560. The molecule has 0 N–H and O–H groups in total. The zero-order valence-corrected chi connectivity index (χ0v) is 9.25. The summed E-state index contributed by atoms with van der Waals surface area (Å²) in [6.45, 7) is 2.30. The zero-order valence-electron chi connectivity index (χ0n) is 9.25. The Labute approximate surface area is 86.8 Å². The van der Waals surface area contributed by atoms with Crippen molar-refractivity contribution in [3.05, 3.63) is 23.3 Å². The lowest BCUT2D eigenvalue weighted by atomic mass is 9.80.